The summed E-state index contributed by atoms with van der Waals surface area (Å²) in [7, 11) is 0.709. The van der Waals surface area contributed by atoms with Crippen LogP contribution >= 0.6 is 7.92 Å². The van der Waals surface area contributed by atoms with Crippen LogP contribution in [0.4, 0.5) is 0 Å². The van der Waals surface area contributed by atoms with Gasteiger partial charge in [0.1, 0.15) is 11.0 Å². The highest BCUT2D eigenvalue weighted by molar-refractivity contribution is 7.84. The predicted octanol–water partition coefficient (Wildman–Crippen LogP) is 10.3. The van der Waals surface area contributed by atoms with Gasteiger partial charge in [0.15, 0.2) is 0 Å². The molecular formula is C38H58NOPS. The summed E-state index contributed by atoms with van der Waals surface area (Å²) in [6.45, 7) is 16.0. The monoisotopic (exact) mass is 607 g/mol. The van der Waals surface area contributed by atoms with Gasteiger partial charge in [-0.25, -0.2) is 8.51 Å². The van der Waals surface area contributed by atoms with Crippen molar-refractivity contribution in [3.8, 4) is 0 Å². The first-order chi connectivity index (χ1) is 19.8. The van der Waals surface area contributed by atoms with E-state index >= 15 is 0 Å². The summed E-state index contributed by atoms with van der Waals surface area (Å²) in [4.78, 5) is 0. The smallest absolute Gasteiger partial charge is 0.100 e. The number of hydrogen-bond donors (Lipinski definition) is 0. The average molecular weight is 608 g/mol. The van der Waals surface area contributed by atoms with Crippen molar-refractivity contribution in [2.75, 3.05) is 7.05 Å². The van der Waals surface area contributed by atoms with Crippen LogP contribution < -0.4 is 5.30 Å². The van der Waals surface area contributed by atoms with E-state index in [0.29, 0.717) is 0 Å². The summed E-state index contributed by atoms with van der Waals surface area (Å²) in [5.41, 5.74) is 7.73. The van der Waals surface area contributed by atoms with E-state index in [-0.39, 0.29) is 29.5 Å². The number of nitrogens with zero attached hydrogens (tertiary/aromatic N) is 1. The molecule has 2 atom stereocenters. The lowest BCUT2D eigenvalue weighted by Gasteiger charge is -2.43. The van der Waals surface area contributed by atoms with Gasteiger partial charge in [-0.05, 0) is 109 Å². The minimum Gasteiger partial charge on any atom is -0.242 e. The van der Waals surface area contributed by atoms with Crippen LogP contribution in [0.25, 0.3) is 0 Å². The molecule has 0 unspecified atom stereocenters. The molecule has 3 aliphatic carbocycles. The number of fused-ring (bicyclic) bond motifs is 1. The Morgan fingerprint density at radius 3 is 1.86 bits per heavy atom. The Bertz CT molecular complexity index is 1230. The molecule has 0 saturated heterocycles. The van der Waals surface area contributed by atoms with Crippen LogP contribution in [0, 0.1) is 0 Å². The normalized spacial score (nSPS) is 23.1. The average Bonchev–Trinajstić information content (AvgIpc) is 2.97. The first-order valence-corrected chi connectivity index (χ1v) is 19.6. The molecule has 0 amide bonds. The quantitative estimate of drug-likeness (QED) is 0.287. The number of benzene rings is 2. The van der Waals surface area contributed by atoms with Gasteiger partial charge in [-0.2, -0.15) is 0 Å². The maximum atomic E-state index is 14.2. The summed E-state index contributed by atoms with van der Waals surface area (Å²) in [5, 5.41) is 1.62. The highest BCUT2D eigenvalue weighted by Crippen LogP contribution is 2.56. The maximum Gasteiger partial charge on any atom is 0.100 e. The molecule has 0 N–H and O–H groups in total. The lowest BCUT2D eigenvalue weighted by molar-refractivity contribution is 0.330. The van der Waals surface area contributed by atoms with Crippen molar-refractivity contribution in [1.82, 2.24) is 4.31 Å². The van der Waals surface area contributed by atoms with E-state index in [1.807, 2.05) is 0 Å². The second-order valence-corrected chi connectivity index (χ2v) is 21.0. The van der Waals surface area contributed by atoms with Crippen LogP contribution in [0.2, 0.25) is 0 Å². The van der Waals surface area contributed by atoms with Crippen molar-refractivity contribution in [3.63, 3.8) is 0 Å². The van der Waals surface area contributed by atoms with E-state index in [2.05, 4.69) is 102 Å². The molecule has 2 aromatic rings. The van der Waals surface area contributed by atoms with E-state index in [1.54, 1.807) is 5.30 Å². The van der Waals surface area contributed by atoms with Crippen molar-refractivity contribution in [1.29, 1.82) is 0 Å². The molecule has 232 valence electrons. The predicted molar refractivity (Wildman–Crippen MR) is 186 cm³/mol. The second-order valence-electron chi connectivity index (χ2n) is 15.9. The largest absolute Gasteiger partial charge is 0.242 e. The Morgan fingerprint density at radius 1 is 0.786 bits per heavy atom. The summed E-state index contributed by atoms with van der Waals surface area (Å²) in [6, 6.07) is 16.8. The van der Waals surface area contributed by atoms with E-state index in [4.69, 9.17) is 0 Å². The molecule has 42 heavy (non-hydrogen) atoms. The Labute approximate surface area is 262 Å². The van der Waals surface area contributed by atoms with E-state index < -0.39 is 11.0 Å². The Morgan fingerprint density at radius 2 is 1.31 bits per heavy atom. The molecule has 4 heteroatoms. The number of hydrogen-bond acceptors (Lipinski definition) is 1. The zero-order chi connectivity index (χ0) is 30.3. The Kier molecular flexibility index (Phi) is 9.84. The summed E-state index contributed by atoms with van der Waals surface area (Å²) in [5.74, 6) is 0. The van der Waals surface area contributed by atoms with Crippen LogP contribution in [0.1, 0.15) is 154 Å². The van der Waals surface area contributed by atoms with Gasteiger partial charge in [0.25, 0.3) is 0 Å². The molecule has 2 fully saturated rings. The standard InChI is InChI=1S/C38H58NOPS/c1-36(2,3)42(40)39(8)35(28-23-24-32-33(27-28)38(6,7)26-25-37(32,4)5)31-21-15-16-22-34(31)41(29-17-11-9-12-18-29)30-19-13-10-14-20-30/h15-16,21-24,27,29-30,35H,9-14,17-20,25-26H2,1-8H3/t35-,42-/m1/s1. The molecular weight excluding hydrogens is 549 g/mol. The van der Waals surface area contributed by atoms with Gasteiger partial charge < -0.3 is 0 Å². The third-order valence-corrected chi connectivity index (χ3v) is 16.1. The van der Waals surface area contributed by atoms with Gasteiger partial charge in [0, 0.05) is 7.05 Å². The van der Waals surface area contributed by atoms with Crippen LogP contribution in [0.5, 0.6) is 0 Å². The summed E-state index contributed by atoms with van der Waals surface area (Å²) >= 11 is 0. The summed E-state index contributed by atoms with van der Waals surface area (Å²) in [6.07, 6.45) is 16.4. The minimum atomic E-state index is -1.14. The zero-order valence-corrected chi connectivity index (χ0v) is 29.7. The van der Waals surface area contributed by atoms with Gasteiger partial charge in [-0.1, -0.05) is 117 Å². The van der Waals surface area contributed by atoms with Gasteiger partial charge in [0.2, 0.25) is 0 Å². The molecule has 2 saturated carbocycles. The molecule has 2 nitrogen and oxygen atoms in total. The van der Waals surface area contributed by atoms with Crippen molar-refractivity contribution >= 4 is 24.2 Å². The van der Waals surface area contributed by atoms with E-state index in [9.17, 15) is 4.21 Å². The SMILES string of the molecule is CN([C@H](c1ccc2c(c1)C(C)(C)CCC2(C)C)c1ccccc1P(C1CCCCC1)C1CCCCC1)[S@](=O)C(C)(C)C. The third-order valence-electron chi connectivity index (χ3n) is 10.8. The van der Waals surface area contributed by atoms with Crippen molar-refractivity contribution in [2.24, 2.45) is 0 Å². The molecule has 0 bridgehead atoms. The van der Waals surface area contributed by atoms with Gasteiger partial charge in [0.05, 0.1) is 10.8 Å². The highest BCUT2D eigenvalue weighted by atomic mass is 32.2. The van der Waals surface area contributed by atoms with Crippen LogP contribution in [-0.2, 0) is 21.8 Å². The molecule has 2 aromatic carbocycles. The highest BCUT2D eigenvalue weighted by Gasteiger charge is 2.40. The number of rotatable bonds is 7. The first-order valence-electron chi connectivity index (χ1n) is 17.0. The van der Waals surface area contributed by atoms with Gasteiger partial charge in [-0.3, -0.25) is 0 Å². The van der Waals surface area contributed by atoms with Gasteiger partial charge in [-0.15, -0.1) is 0 Å². The maximum absolute atomic E-state index is 14.2. The summed E-state index contributed by atoms with van der Waals surface area (Å²) < 4.78 is 16.1. The van der Waals surface area contributed by atoms with Crippen LogP contribution in [0.3, 0.4) is 0 Å². The molecule has 3 aliphatic rings. The van der Waals surface area contributed by atoms with Crippen molar-refractivity contribution in [2.45, 2.75) is 158 Å². The van der Waals surface area contributed by atoms with Crippen molar-refractivity contribution in [3.05, 3.63) is 64.7 Å². The lowest BCUT2D eigenvalue weighted by atomic mass is 9.63. The fraction of sp³-hybridized carbons (Fsp3) is 0.684. The zero-order valence-electron chi connectivity index (χ0n) is 28.0. The van der Waals surface area contributed by atoms with Crippen molar-refractivity contribution < 1.29 is 4.21 Å². The third kappa shape index (κ3) is 6.65. The molecule has 0 radical (unpaired) electrons. The molecule has 5 rings (SSSR count). The van der Waals surface area contributed by atoms with E-state index in [0.717, 1.165) is 11.3 Å². The second kappa shape index (κ2) is 12.8. The molecule has 0 aliphatic heterocycles. The molecule has 0 spiro atoms. The van der Waals surface area contributed by atoms with Gasteiger partial charge >= 0.3 is 0 Å². The molecule has 0 aromatic heterocycles. The fourth-order valence-electron chi connectivity index (χ4n) is 8.25. The van der Waals surface area contributed by atoms with E-state index in [1.165, 1.54) is 99.3 Å². The fourth-order valence-corrected chi connectivity index (χ4v) is 13.5. The Hall–Kier alpha value is -1.02. The topological polar surface area (TPSA) is 20.3 Å². The first kappa shape index (κ1) is 32.4. The lowest BCUT2D eigenvalue weighted by Crippen LogP contribution is -2.40. The van der Waals surface area contributed by atoms with Crippen LogP contribution in [-0.4, -0.2) is 31.6 Å². The molecule has 0 heterocycles. The minimum absolute atomic E-state index is 0.0235. The Balaban J connectivity index is 1.69. The van der Waals surface area contributed by atoms with Crippen LogP contribution in [0.15, 0.2) is 42.5 Å².